The third-order valence-corrected chi connectivity index (χ3v) is 2.54. The van der Waals surface area contributed by atoms with Gasteiger partial charge in [0.15, 0.2) is 0 Å². The highest BCUT2D eigenvalue weighted by molar-refractivity contribution is 5.20. The fraction of sp³-hybridized carbons (Fsp3) is 0.364. The first-order valence-electron chi connectivity index (χ1n) is 5.17. The summed E-state index contributed by atoms with van der Waals surface area (Å²) in [6.07, 6.45) is 3.56. The monoisotopic (exact) mass is 217 g/mol. The Balaban J connectivity index is 2.40. The van der Waals surface area contributed by atoms with Gasteiger partial charge in [-0.1, -0.05) is 0 Å². The minimum atomic E-state index is 0.0502. The number of nitrogens with one attached hydrogen (secondary N) is 1. The zero-order valence-corrected chi connectivity index (χ0v) is 9.68. The molecule has 0 saturated carbocycles. The van der Waals surface area contributed by atoms with Crippen molar-refractivity contribution in [3.05, 3.63) is 41.7 Å². The lowest BCUT2D eigenvalue weighted by molar-refractivity contribution is 0.591. The third kappa shape index (κ3) is 1.94. The van der Waals surface area contributed by atoms with Gasteiger partial charge in [-0.2, -0.15) is 5.10 Å². The molecule has 1 atom stereocenters. The zero-order chi connectivity index (χ0) is 11.5. The minimum Gasteiger partial charge on any atom is -0.307 e. The van der Waals surface area contributed by atoms with Crippen molar-refractivity contribution in [2.24, 2.45) is 7.05 Å². The largest absolute Gasteiger partial charge is 0.307 e. The molecule has 0 aliphatic heterocycles. The summed E-state index contributed by atoms with van der Waals surface area (Å²) in [5.74, 6) is 0.778. The van der Waals surface area contributed by atoms with Crippen LogP contribution in [0.25, 0.3) is 0 Å². The average molecular weight is 217 g/mol. The van der Waals surface area contributed by atoms with E-state index in [2.05, 4.69) is 20.4 Å². The first kappa shape index (κ1) is 10.8. The average Bonchev–Trinajstić information content (AvgIpc) is 2.67. The maximum atomic E-state index is 4.43. The summed E-state index contributed by atoms with van der Waals surface area (Å²) in [5.41, 5.74) is 2.04. The lowest BCUT2D eigenvalue weighted by Crippen LogP contribution is -2.22. The van der Waals surface area contributed by atoms with Gasteiger partial charge in [-0.05, 0) is 26.1 Å². The van der Waals surface area contributed by atoms with E-state index in [9.17, 15) is 0 Å². The molecule has 2 heterocycles. The van der Waals surface area contributed by atoms with Crippen LogP contribution in [0.4, 0.5) is 0 Å². The molecule has 2 aromatic heterocycles. The molecule has 0 radical (unpaired) electrons. The van der Waals surface area contributed by atoms with Crippen LogP contribution in [0.3, 0.4) is 0 Å². The van der Waals surface area contributed by atoms with Gasteiger partial charge in [0.25, 0.3) is 0 Å². The van der Waals surface area contributed by atoms with Crippen molar-refractivity contribution in [2.75, 3.05) is 7.05 Å². The van der Waals surface area contributed by atoms with Crippen molar-refractivity contribution < 1.29 is 0 Å². The molecule has 1 unspecified atom stereocenters. The van der Waals surface area contributed by atoms with Crippen molar-refractivity contribution in [3.8, 4) is 0 Å². The normalized spacial score (nSPS) is 12.7. The molecule has 16 heavy (non-hydrogen) atoms. The molecule has 0 aromatic carbocycles. The number of rotatable bonds is 3. The lowest BCUT2D eigenvalue weighted by atomic mass is 10.1. The molecule has 2 aromatic rings. The summed E-state index contributed by atoms with van der Waals surface area (Å²) in [7, 11) is 3.84. The van der Waals surface area contributed by atoms with Crippen molar-refractivity contribution >= 4 is 0 Å². The number of nitrogens with zero attached hydrogens (tertiary/aromatic N) is 4. The molecular weight excluding hydrogens is 202 g/mol. The van der Waals surface area contributed by atoms with Gasteiger partial charge in [-0.25, -0.2) is 9.97 Å². The van der Waals surface area contributed by atoms with Crippen LogP contribution in [0.2, 0.25) is 0 Å². The summed E-state index contributed by atoms with van der Waals surface area (Å²) >= 11 is 0. The van der Waals surface area contributed by atoms with Crippen molar-refractivity contribution in [3.63, 3.8) is 0 Å². The molecule has 0 aliphatic carbocycles. The third-order valence-electron chi connectivity index (χ3n) is 2.54. The lowest BCUT2D eigenvalue weighted by Gasteiger charge is -2.15. The van der Waals surface area contributed by atoms with Gasteiger partial charge in [0, 0.05) is 19.4 Å². The Kier molecular flexibility index (Phi) is 2.96. The first-order valence-corrected chi connectivity index (χ1v) is 5.17. The Morgan fingerprint density at radius 1 is 1.31 bits per heavy atom. The molecule has 5 nitrogen and oxygen atoms in total. The minimum absolute atomic E-state index is 0.0502. The van der Waals surface area contributed by atoms with Crippen molar-refractivity contribution in [1.29, 1.82) is 0 Å². The van der Waals surface area contributed by atoms with E-state index in [1.54, 1.807) is 12.4 Å². The van der Waals surface area contributed by atoms with E-state index in [1.165, 1.54) is 0 Å². The second-order valence-electron chi connectivity index (χ2n) is 3.63. The molecular formula is C11H15N5. The predicted octanol–water partition coefficient (Wildman–Crippen LogP) is 0.827. The molecule has 1 N–H and O–H groups in total. The van der Waals surface area contributed by atoms with Gasteiger partial charge in [0.2, 0.25) is 0 Å². The van der Waals surface area contributed by atoms with E-state index < -0.39 is 0 Å². The van der Waals surface area contributed by atoms with Crippen LogP contribution in [-0.4, -0.2) is 26.8 Å². The maximum absolute atomic E-state index is 4.43. The van der Waals surface area contributed by atoms with Crippen molar-refractivity contribution in [1.82, 2.24) is 25.1 Å². The van der Waals surface area contributed by atoms with Gasteiger partial charge >= 0.3 is 0 Å². The molecule has 0 saturated heterocycles. The van der Waals surface area contributed by atoms with E-state index in [-0.39, 0.29) is 6.04 Å². The van der Waals surface area contributed by atoms with Gasteiger partial charge in [0.1, 0.15) is 5.82 Å². The first-order chi connectivity index (χ1) is 7.72. The van der Waals surface area contributed by atoms with Gasteiger partial charge < -0.3 is 5.32 Å². The summed E-state index contributed by atoms with van der Waals surface area (Å²) in [6, 6.07) is 3.95. The summed E-state index contributed by atoms with van der Waals surface area (Å²) < 4.78 is 1.85. The van der Waals surface area contributed by atoms with E-state index in [0.29, 0.717) is 0 Å². The molecule has 0 bridgehead atoms. The Morgan fingerprint density at radius 2 is 2.12 bits per heavy atom. The zero-order valence-electron chi connectivity index (χ0n) is 9.68. The Bertz CT molecular complexity index is 477. The Hall–Kier alpha value is -1.75. The van der Waals surface area contributed by atoms with Crippen LogP contribution in [-0.2, 0) is 7.05 Å². The second kappa shape index (κ2) is 4.40. The van der Waals surface area contributed by atoms with Crippen LogP contribution < -0.4 is 5.32 Å². The molecule has 5 heteroatoms. The quantitative estimate of drug-likeness (QED) is 0.827. The number of hydrogen-bond acceptors (Lipinski definition) is 4. The number of aromatic nitrogens is 4. The molecule has 84 valence electrons. The summed E-state index contributed by atoms with van der Waals surface area (Å²) in [4.78, 5) is 8.53. The maximum Gasteiger partial charge on any atom is 0.125 e. The Morgan fingerprint density at radius 3 is 2.69 bits per heavy atom. The number of aryl methyl sites for hydroxylation is 2. The molecule has 0 amide bonds. The SMILES string of the molecule is CNC(c1ccnc(C)n1)c1ccnn1C. The van der Waals surface area contributed by atoms with E-state index >= 15 is 0 Å². The van der Waals surface area contributed by atoms with Gasteiger partial charge in [-0.3, -0.25) is 4.68 Å². The number of hydrogen-bond donors (Lipinski definition) is 1. The highest BCUT2D eigenvalue weighted by Crippen LogP contribution is 2.18. The van der Waals surface area contributed by atoms with E-state index in [1.807, 2.05) is 37.8 Å². The predicted molar refractivity (Wildman–Crippen MR) is 60.9 cm³/mol. The molecule has 0 aliphatic rings. The molecule has 0 spiro atoms. The Labute approximate surface area is 94.5 Å². The summed E-state index contributed by atoms with van der Waals surface area (Å²) in [5, 5.41) is 7.40. The van der Waals surface area contributed by atoms with Crippen LogP contribution in [0.5, 0.6) is 0 Å². The fourth-order valence-electron chi connectivity index (χ4n) is 1.75. The van der Waals surface area contributed by atoms with Crippen LogP contribution in [0.15, 0.2) is 24.5 Å². The smallest absolute Gasteiger partial charge is 0.125 e. The second-order valence-corrected chi connectivity index (χ2v) is 3.63. The van der Waals surface area contributed by atoms with Crippen LogP contribution in [0.1, 0.15) is 23.3 Å². The highest BCUT2D eigenvalue weighted by Gasteiger charge is 2.16. The molecule has 0 fully saturated rings. The van der Waals surface area contributed by atoms with Gasteiger partial charge in [-0.15, -0.1) is 0 Å². The topological polar surface area (TPSA) is 55.6 Å². The van der Waals surface area contributed by atoms with E-state index in [0.717, 1.165) is 17.2 Å². The van der Waals surface area contributed by atoms with E-state index in [4.69, 9.17) is 0 Å². The standard InChI is InChI=1S/C11H15N5/c1-8-13-6-4-9(15-8)11(12-2)10-5-7-14-16(10)3/h4-7,11-12H,1-3H3. The molecule has 2 rings (SSSR count). The highest BCUT2D eigenvalue weighted by atomic mass is 15.3. The van der Waals surface area contributed by atoms with Crippen LogP contribution in [0, 0.1) is 6.92 Å². The fourth-order valence-corrected chi connectivity index (χ4v) is 1.75. The summed E-state index contributed by atoms with van der Waals surface area (Å²) in [6.45, 7) is 1.89. The van der Waals surface area contributed by atoms with Crippen LogP contribution >= 0.6 is 0 Å². The van der Waals surface area contributed by atoms with Gasteiger partial charge in [0.05, 0.1) is 17.4 Å². The van der Waals surface area contributed by atoms with Crippen molar-refractivity contribution in [2.45, 2.75) is 13.0 Å².